The summed E-state index contributed by atoms with van der Waals surface area (Å²) in [4.78, 5) is 0. The Hall–Kier alpha value is -1.34. The molecule has 0 amide bonds. The minimum atomic E-state index is 0.0932. The van der Waals surface area contributed by atoms with Crippen molar-refractivity contribution in [2.75, 3.05) is 0 Å². The second-order valence-corrected chi connectivity index (χ2v) is 7.07. The molecule has 1 heteroatoms. The van der Waals surface area contributed by atoms with E-state index in [9.17, 15) is 0 Å². The Morgan fingerprint density at radius 1 is 0.842 bits per heavy atom. The van der Waals surface area contributed by atoms with E-state index in [0.29, 0.717) is 0 Å². The van der Waals surface area contributed by atoms with Crippen LogP contribution in [0.1, 0.15) is 30.5 Å². The molecule has 0 saturated heterocycles. The van der Waals surface area contributed by atoms with Crippen LogP contribution in [0.3, 0.4) is 0 Å². The van der Waals surface area contributed by atoms with E-state index in [2.05, 4.69) is 73.1 Å². The average molecular weight is 311 g/mol. The maximum absolute atomic E-state index is 3.65. The van der Waals surface area contributed by atoms with E-state index in [0.717, 1.165) is 0 Å². The van der Waals surface area contributed by atoms with Crippen LogP contribution in [0.25, 0.3) is 21.5 Å². The van der Waals surface area contributed by atoms with E-state index in [1.165, 1.54) is 42.7 Å². The van der Waals surface area contributed by atoms with Crippen molar-refractivity contribution in [1.82, 2.24) is 0 Å². The van der Waals surface area contributed by atoms with Gasteiger partial charge in [-0.15, -0.1) is 0 Å². The number of hydrogen-bond donors (Lipinski definition) is 0. The largest absolute Gasteiger partial charge is 0.0546 e. The standard InChI is InChI=1S/C18H15Br/c1-10-6-11-4-5-12-8-13(19)9-15-17(12)16(11)14(7-10)18(15,2)3/h4-9H,1-3H3. The van der Waals surface area contributed by atoms with Gasteiger partial charge >= 0.3 is 0 Å². The van der Waals surface area contributed by atoms with Gasteiger partial charge in [0.1, 0.15) is 0 Å². The molecular weight excluding hydrogens is 296 g/mol. The van der Waals surface area contributed by atoms with Crippen molar-refractivity contribution in [2.45, 2.75) is 26.2 Å². The van der Waals surface area contributed by atoms with E-state index < -0.39 is 0 Å². The lowest BCUT2D eigenvalue weighted by molar-refractivity contribution is 0.662. The van der Waals surface area contributed by atoms with Crippen LogP contribution in [-0.4, -0.2) is 0 Å². The van der Waals surface area contributed by atoms with E-state index in [4.69, 9.17) is 0 Å². The van der Waals surface area contributed by atoms with Gasteiger partial charge in [-0.05, 0) is 51.7 Å². The van der Waals surface area contributed by atoms with Crippen LogP contribution in [0, 0.1) is 6.92 Å². The van der Waals surface area contributed by atoms with Crippen molar-refractivity contribution in [3.63, 3.8) is 0 Å². The zero-order chi connectivity index (χ0) is 13.4. The second-order valence-electron chi connectivity index (χ2n) is 6.15. The van der Waals surface area contributed by atoms with Crippen molar-refractivity contribution in [2.24, 2.45) is 0 Å². The normalized spacial score (nSPS) is 15.8. The first-order chi connectivity index (χ1) is 8.98. The summed E-state index contributed by atoms with van der Waals surface area (Å²) in [6.45, 7) is 6.86. The van der Waals surface area contributed by atoms with Crippen LogP contribution < -0.4 is 0 Å². The van der Waals surface area contributed by atoms with Gasteiger partial charge in [-0.3, -0.25) is 0 Å². The first kappa shape index (κ1) is 11.5. The monoisotopic (exact) mass is 310 g/mol. The van der Waals surface area contributed by atoms with Crippen molar-refractivity contribution in [3.8, 4) is 0 Å². The Morgan fingerprint density at radius 2 is 1.42 bits per heavy atom. The summed E-state index contributed by atoms with van der Waals surface area (Å²) in [6, 6.07) is 13.7. The molecule has 0 aliphatic heterocycles. The van der Waals surface area contributed by atoms with Gasteiger partial charge in [-0.2, -0.15) is 0 Å². The molecule has 0 bridgehead atoms. The van der Waals surface area contributed by atoms with Gasteiger partial charge < -0.3 is 0 Å². The molecule has 0 nitrogen and oxygen atoms in total. The van der Waals surface area contributed by atoms with E-state index in [-0.39, 0.29) is 5.41 Å². The Balaban J connectivity index is 2.36. The molecule has 1 aliphatic carbocycles. The Morgan fingerprint density at radius 3 is 2.11 bits per heavy atom. The lowest BCUT2D eigenvalue weighted by Crippen LogP contribution is -2.15. The van der Waals surface area contributed by atoms with E-state index >= 15 is 0 Å². The Kier molecular flexibility index (Phi) is 2.06. The maximum atomic E-state index is 3.65. The molecule has 0 radical (unpaired) electrons. The predicted molar refractivity (Wildman–Crippen MR) is 86.0 cm³/mol. The fraction of sp³-hybridized carbons (Fsp3) is 0.222. The third-order valence-electron chi connectivity index (χ3n) is 4.49. The van der Waals surface area contributed by atoms with E-state index in [1.54, 1.807) is 0 Å². The van der Waals surface area contributed by atoms with Gasteiger partial charge in [0.15, 0.2) is 0 Å². The highest BCUT2D eigenvalue weighted by Gasteiger charge is 2.34. The molecule has 0 aromatic heterocycles. The Labute approximate surface area is 121 Å². The quantitative estimate of drug-likeness (QED) is 0.467. The molecule has 0 atom stereocenters. The minimum absolute atomic E-state index is 0.0932. The van der Waals surface area contributed by atoms with Crippen LogP contribution >= 0.6 is 15.9 Å². The van der Waals surface area contributed by atoms with Crippen molar-refractivity contribution in [3.05, 3.63) is 57.6 Å². The average Bonchev–Trinajstić information content (AvgIpc) is 2.56. The molecule has 0 saturated carbocycles. The summed E-state index contributed by atoms with van der Waals surface area (Å²) in [6.07, 6.45) is 0. The molecule has 3 aromatic rings. The summed E-state index contributed by atoms with van der Waals surface area (Å²) in [5, 5.41) is 5.61. The minimum Gasteiger partial charge on any atom is -0.0546 e. The Bertz CT molecular complexity index is 786. The van der Waals surface area contributed by atoms with Gasteiger partial charge in [-0.1, -0.05) is 59.6 Å². The number of aryl methyl sites for hydroxylation is 1. The molecule has 3 aromatic carbocycles. The summed E-state index contributed by atoms with van der Waals surface area (Å²) in [7, 11) is 0. The number of benzene rings is 3. The predicted octanol–water partition coefficient (Wildman–Crippen LogP) is 5.70. The number of hydrogen-bond acceptors (Lipinski definition) is 0. The van der Waals surface area contributed by atoms with Gasteiger partial charge in [0.25, 0.3) is 0 Å². The van der Waals surface area contributed by atoms with Crippen molar-refractivity contribution < 1.29 is 0 Å². The van der Waals surface area contributed by atoms with Crippen LogP contribution in [0.15, 0.2) is 40.9 Å². The first-order valence-corrected chi connectivity index (χ1v) is 7.45. The summed E-state index contributed by atoms with van der Waals surface area (Å²) >= 11 is 3.65. The lowest BCUT2D eigenvalue weighted by Gasteiger charge is -2.22. The molecule has 0 unspecified atom stereocenters. The fourth-order valence-electron chi connectivity index (χ4n) is 3.57. The molecule has 0 spiro atoms. The SMILES string of the molecule is Cc1cc2c3c(ccc4cc(Br)cc(c43)C2(C)C)c1. The molecule has 94 valence electrons. The topological polar surface area (TPSA) is 0 Å². The number of rotatable bonds is 0. The summed E-state index contributed by atoms with van der Waals surface area (Å²) in [5.41, 5.74) is 4.36. The van der Waals surface area contributed by atoms with Crippen LogP contribution in [0.2, 0.25) is 0 Å². The molecule has 1 aliphatic rings. The highest BCUT2D eigenvalue weighted by atomic mass is 79.9. The summed E-state index contributed by atoms with van der Waals surface area (Å²) in [5.74, 6) is 0. The van der Waals surface area contributed by atoms with Gasteiger partial charge in [-0.25, -0.2) is 0 Å². The smallest absolute Gasteiger partial charge is 0.0184 e. The second kappa shape index (κ2) is 3.40. The fourth-order valence-corrected chi connectivity index (χ4v) is 4.05. The van der Waals surface area contributed by atoms with Gasteiger partial charge in [0, 0.05) is 9.89 Å². The third-order valence-corrected chi connectivity index (χ3v) is 4.94. The molecule has 0 fully saturated rings. The zero-order valence-corrected chi connectivity index (χ0v) is 12.9. The van der Waals surface area contributed by atoms with Crippen LogP contribution in [-0.2, 0) is 5.41 Å². The van der Waals surface area contributed by atoms with Crippen LogP contribution in [0.4, 0.5) is 0 Å². The van der Waals surface area contributed by atoms with E-state index in [1.807, 2.05) is 0 Å². The molecule has 4 rings (SSSR count). The molecular formula is C18H15Br. The maximum Gasteiger partial charge on any atom is 0.0184 e. The number of halogens is 1. The van der Waals surface area contributed by atoms with Gasteiger partial charge in [0.05, 0.1) is 0 Å². The zero-order valence-electron chi connectivity index (χ0n) is 11.3. The molecule has 19 heavy (non-hydrogen) atoms. The highest BCUT2D eigenvalue weighted by molar-refractivity contribution is 9.10. The highest BCUT2D eigenvalue weighted by Crippen LogP contribution is 2.49. The third kappa shape index (κ3) is 1.34. The van der Waals surface area contributed by atoms with Gasteiger partial charge in [0.2, 0.25) is 0 Å². The lowest BCUT2D eigenvalue weighted by atomic mass is 9.81. The summed E-state index contributed by atoms with van der Waals surface area (Å²) < 4.78 is 1.17. The van der Waals surface area contributed by atoms with Crippen LogP contribution in [0.5, 0.6) is 0 Å². The van der Waals surface area contributed by atoms with Crippen molar-refractivity contribution in [1.29, 1.82) is 0 Å². The first-order valence-electron chi connectivity index (χ1n) is 6.66. The van der Waals surface area contributed by atoms with Crippen molar-refractivity contribution >= 4 is 37.5 Å². The molecule has 0 heterocycles. The molecule has 0 N–H and O–H groups in total.